The highest BCUT2D eigenvalue weighted by atomic mass is 32.1. The number of carbonyl (C=O) groups excluding carboxylic acids is 1. The Hall–Kier alpha value is -0.870. The molecule has 3 nitrogen and oxygen atoms in total. The molecule has 1 aliphatic rings. The standard InChI is InChI=1S/C9H11NO2S/c1-10-4-5-12-9(11)8(10)7-3-2-6-13-7/h2-3,6,8H,4-5H2,1H3. The first-order chi connectivity index (χ1) is 6.29. The zero-order valence-corrected chi connectivity index (χ0v) is 8.21. The summed E-state index contributed by atoms with van der Waals surface area (Å²) in [6.45, 7) is 1.32. The van der Waals surface area contributed by atoms with Crippen LogP contribution in [0.2, 0.25) is 0 Å². The maximum atomic E-state index is 11.4. The summed E-state index contributed by atoms with van der Waals surface area (Å²) in [6.07, 6.45) is 0. The fourth-order valence-corrected chi connectivity index (χ4v) is 2.33. The van der Waals surface area contributed by atoms with Crippen LogP contribution in [-0.2, 0) is 9.53 Å². The van der Waals surface area contributed by atoms with Gasteiger partial charge >= 0.3 is 5.97 Å². The summed E-state index contributed by atoms with van der Waals surface area (Å²) in [5, 5.41) is 1.98. The Morgan fingerprint density at radius 2 is 2.54 bits per heavy atom. The molecular weight excluding hydrogens is 186 g/mol. The van der Waals surface area contributed by atoms with Gasteiger partial charge in [-0.3, -0.25) is 4.90 Å². The van der Waals surface area contributed by atoms with E-state index in [1.165, 1.54) is 0 Å². The quantitative estimate of drug-likeness (QED) is 0.635. The molecule has 1 atom stereocenters. The van der Waals surface area contributed by atoms with Crippen molar-refractivity contribution in [1.82, 2.24) is 4.90 Å². The van der Waals surface area contributed by atoms with E-state index in [1.54, 1.807) is 11.3 Å². The van der Waals surface area contributed by atoms with Crippen molar-refractivity contribution in [2.45, 2.75) is 6.04 Å². The molecule has 1 unspecified atom stereocenters. The lowest BCUT2D eigenvalue weighted by Crippen LogP contribution is -2.39. The average molecular weight is 197 g/mol. The van der Waals surface area contributed by atoms with Crippen LogP contribution in [-0.4, -0.2) is 31.1 Å². The third-order valence-electron chi connectivity index (χ3n) is 2.17. The van der Waals surface area contributed by atoms with Crippen molar-refractivity contribution >= 4 is 17.3 Å². The highest BCUT2D eigenvalue weighted by molar-refractivity contribution is 7.10. The first-order valence-corrected chi connectivity index (χ1v) is 5.07. The van der Waals surface area contributed by atoms with Crippen LogP contribution in [0.4, 0.5) is 0 Å². The van der Waals surface area contributed by atoms with E-state index in [-0.39, 0.29) is 12.0 Å². The summed E-state index contributed by atoms with van der Waals surface area (Å²) in [4.78, 5) is 14.5. The maximum Gasteiger partial charge on any atom is 0.328 e. The van der Waals surface area contributed by atoms with Gasteiger partial charge in [-0.2, -0.15) is 0 Å². The second-order valence-corrected chi connectivity index (χ2v) is 4.05. The minimum Gasteiger partial charge on any atom is -0.463 e. The van der Waals surface area contributed by atoms with Crippen LogP contribution in [0.5, 0.6) is 0 Å². The second-order valence-electron chi connectivity index (χ2n) is 3.07. The number of rotatable bonds is 1. The molecule has 1 saturated heterocycles. The molecular formula is C9H11NO2S. The lowest BCUT2D eigenvalue weighted by Gasteiger charge is -2.29. The molecule has 2 rings (SSSR count). The number of cyclic esters (lactones) is 1. The minimum atomic E-state index is -0.186. The molecule has 0 amide bonds. The van der Waals surface area contributed by atoms with Crippen LogP contribution >= 0.6 is 11.3 Å². The third kappa shape index (κ3) is 1.59. The van der Waals surface area contributed by atoms with Crippen LogP contribution < -0.4 is 0 Å². The van der Waals surface area contributed by atoms with Crippen molar-refractivity contribution in [1.29, 1.82) is 0 Å². The lowest BCUT2D eigenvalue weighted by molar-refractivity contribution is -0.156. The molecule has 0 bridgehead atoms. The fraction of sp³-hybridized carbons (Fsp3) is 0.444. The van der Waals surface area contributed by atoms with Crippen LogP contribution in [0.1, 0.15) is 10.9 Å². The molecule has 0 radical (unpaired) electrons. The highest BCUT2D eigenvalue weighted by Gasteiger charge is 2.30. The summed E-state index contributed by atoms with van der Waals surface area (Å²) < 4.78 is 5.01. The topological polar surface area (TPSA) is 29.5 Å². The van der Waals surface area contributed by atoms with Gasteiger partial charge in [0.1, 0.15) is 12.6 Å². The monoisotopic (exact) mass is 197 g/mol. The predicted molar refractivity (Wildman–Crippen MR) is 50.6 cm³/mol. The van der Waals surface area contributed by atoms with Crippen LogP contribution in [0, 0.1) is 0 Å². The van der Waals surface area contributed by atoms with E-state index >= 15 is 0 Å². The summed E-state index contributed by atoms with van der Waals surface area (Å²) in [6, 6.07) is 3.74. The van der Waals surface area contributed by atoms with Gasteiger partial charge < -0.3 is 4.74 Å². The molecule has 0 aliphatic carbocycles. The van der Waals surface area contributed by atoms with Gasteiger partial charge in [0, 0.05) is 11.4 Å². The molecule has 0 aromatic carbocycles. The Bertz CT molecular complexity index is 297. The van der Waals surface area contributed by atoms with Gasteiger partial charge in [-0.1, -0.05) is 6.07 Å². The SMILES string of the molecule is CN1CCOC(=O)C1c1cccs1. The number of morpholine rings is 1. The van der Waals surface area contributed by atoms with Crippen molar-refractivity contribution in [2.75, 3.05) is 20.2 Å². The number of nitrogens with zero attached hydrogens (tertiary/aromatic N) is 1. The number of carbonyl (C=O) groups is 1. The van der Waals surface area contributed by atoms with Gasteiger partial charge in [0.25, 0.3) is 0 Å². The zero-order valence-electron chi connectivity index (χ0n) is 7.40. The summed E-state index contributed by atoms with van der Waals surface area (Å²) in [5.41, 5.74) is 0. The van der Waals surface area contributed by atoms with Gasteiger partial charge in [0.05, 0.1) is 0 Å². The molecule has 0 saturated carbocycles. The van der Waals surface area contributed by atoms with E-state index in [4.69, 9.17) is 4.74 Å². The third-order valence-corrected chi connectivity index (χ3v) is 3.09. The maximum absolute atomic E-state index is 11.4. The van der Waals surface area contributed by atoms with E-state index in [0.29, 0.717) is 6.61 Å². The smallest absolute Gasteiger partial charge is 0.328 e. The Morgan fingerprint density at radius 1 is 1.69 bits per heavy atom. The Kier molecular flexibility index (Phi) is 2.33. The van der Waals surface area contributed by atoms with E-state index in [2.05, 4.69) is 0 Å². The van der Waals surface area contributed by atoms with Gasteiger partial charge in [-0.15, -0.1) is 11.3 Å². The van der Waals surface area contributed by atoms with E-state index < -0.39 is 0 Å². The molecule has 70 valence electrons. The van der Waals surface area contributed by atoms with E-state index in [0.717, 1.165) is 11.4 Å². The number of thiophene rings is 1. The Morgan fingerprint density at radius 3 is 3.15 bits per heavy atom. The molecule has 13 heavy (non-hydrogen) atoms. The number of likely N-dealkylation sites (N-methyl/N-ethyl adjacent to an activating group) is 1. The summed E-state index contributed by atoms with van der Waals surface area (Å²) >= 11 is 1.59. The minimum absolute atomic E-state index is 0.129. The summed E-state index contributed by atoms with van der Waals surface area (Å²) in [7, 11) is 1.95. The molecule has 2 heterocycles. The van der Waals surface area contributed by atoms with Crippen LogP contribution in [0.25, 0.3) is 0 Å². The molecule has 1 aromatic heterocycles. The molecule has 1 fully saturated rings. The zero-order chi connectivity index (χ0) is 9.26. The predicted octanol–water partition coefficient (Wildman–Crippen LogP) is 1.28. The molecule has 0 spiro atoms. The van der Waals surface area contributed by atoms with Gasteiger partial charge in [-0.05, 0) is 18.5 Å². The Labute approximate surface area is 80.9 Å². The average Bonchev–Trinajstić information content (AvgIpc) is 2.57. The first-order valence-electron chi connectivity index (χ1n) is 4.19. The number of ether oxygens (including phenoxy) is 1. The van der Waals surface area contributed by atoms with Crippen molar-refractivity contribution in [3.05, 3.63) is 22.4 Å². The molecule has 1 aliphatic heterocycles. The number of esters is 1. The molecule has 0 N–H and O–H groups in total. The molecule has 4 heteroatoms. The van der Waals surface area contributed by atoms with E-state index in [1.807, 2.05) is 29.5 Å². The number of hydrogen-bond acceptors (Lipinski definition) is 4. The summed E-state index contributed by atoms with van der Waals surface area (Å²) in [5.74, 6) is -0.129. The number of hydrogen-bond donors (Lipinski definition) is 0. The largest absolute Gasteiger partial charge is 0.463 e. The first kappa shape index (κ1) is 8.72. The normalized spacial score (nSPS) is 24.4. The van der Waals surface area contributed by atoms with E-state index in [9.17, 15) is 4.79 Å². The van der Waals surface area contributed by atoms with Gasteiger partial charge in [0.15, 0.2) is 0 Å². The fourth-order valence-electron chi connectivity index (χ4n) is 1.46. The van der Waals surface area contributed by atoms with Crippen molar-refractivity contribution < 1.29 is 9.53 Å². The van der Waals surface area contributed by atoms with Crippen LogP contribution in [0.15, 0.2) is 17.5 Å². The van der Waals surface area contributed by atoms with Crippen molar-refractivity contribution in [3.8, 4) is 0 Å². The van der Waals surface area contributed by atoms with Crippen LogP contribution in [0.3, 0.4) is 0 Å². The molecule has 1 aromatic rings. The van der Waals surface area contributed by atoms with Gasteiger partial charge in [-0.25, -0.2) is 4.79 Å². The Balaban J connectivity index is 2.24. The van der Waals surface area contributed by atoms with Crippen molar-refractivity contribution in [3.63, 3.8) is 0 Å². The highest BCUT2D eigenvalue weighted by Crippen LogP contribution is 2.27. The van der Waals surface area contributed by atoms with Gasteiger partial charge in [0.2, 0.25) is 0 Å². The second kappa shape index (κ2) is 3.47. The lowest BCUT2D eigenvalue weighted by atomic mass is 10.2. The van der Waals surface area contributed by atoms with Crippen molar-refractivity contribution in [2.24, 2.45) is 0 Å².